The first-order chi connectivity index (χ1) is 13.3. The number of ether oxygens (including phenoxy) is 1. The molecule has 0 bridgehead atoms. The molecule has 0 aliphatic carbocycles. The van der Waals surface area contributed by atoms with E-state index >= 15 is 0 Å². The maximum Gasteiger partial charge on any atom is 0.263 e. The Kier molecular flexibility index (Phi) is 6.25. The van der Waals surface area contributed by atoms with E-state index in [9.17, 15) is 17.6 Å². The summed E-state index contributed by atoms with van der Waals surface area (Å²) in [6.07, 6.45) is -0.631. The highest BCUT2D eigenvalue weighted by atomic mass is 35.5. The lowest BCUT2D eigenvalue weighted by Gasteiger charge is -2.31. The van der Waals surface area contributed by atoms with Gasteiger partial charge < -0.3 is 9.64 Å². The van der Waals surface area contributed by atoms with Gasteiger partial charge in [-0.1, -0.05) is 41.9 Å². The van der Waals surface area contributed by atoms with E-state index in [1.165, 1.54) is 30.0 Å². The summed E-state index contributed by atoms with van der Waals surface area (Å²) < 4.78 is 43.3. The van der Waals surface area contributed by atoms with Crippen LogP contribution in [0.5, 0.6) is 5.75 Å². The number of carbonyl (C=O) groups is 1. The Labute approximate surface area is 169 Å². The average Bonchev–Trinajstić information content (AvgIpc) is 3.02. The van der Waals surface area contributed by atoms with Crippen molar-refractivity contribution in [1.82, 2.24) is 4.90 Å². The monoisotopic (exact) mass is 425 g/mol. The van der Waals surface area contributed by atoms with Crippen LogP contribution in [0.15, 0.2) is 48.5 Å². The fourth-order valence-electron chi connectivity index (χ4n) is 3.23. The van der Waals surface area contributed by atoms with Crippen LogP contribution < -0.4 is 4.74 Å². The van der Waals surface area contributed by atoms with Gasteiger partial charge in [0.25, 0.3) is 5.91 Å². The van der Waals surface area contributed by atoms with E-state index in [2.05, 4.69) is 0 Å². The van der Waals surface area contributed by atoms with Gasteiger partial charge in [0.1, 0.15) is 0 Å². The van der Waals surface area contributed by atoms with Gasteiger partial charge in [-0.3, -0.25) is 4.79 Å². The van der Waals surface area contributed by atoms with E-state index in [1.54, 1.807) is 30.3 Å². The molecule has 2 unspecified atom stereocenters. The second-order valence-electron chi connectivity index (χ2n) is 6.80. The van der Waals surface area contributed by atoms with Crippen LogP contribution in [-0.2, 0) is 21.2 Å². The third-order valence-corrected chi connectivity index (χ3v) is 6.84. The minimum Gasteiger partial charge on any atom is -0.478 e. The van der Waals surface area contributed by atoms with Crippen LogP contribution in [0.2, 0.25) is 5.02 Å². The van der Waals surface area contributed by atoms with E-state index < -0.39 is 33.7 Å². The summed E-state index contributed by atoms with van der Waals surface area (Å²) in [7, 11) is -3.20. The number of nitrogens with zero attached hydrogens (tertiary/aromatic N) is 1. The molecule has 28 heavy (non-hydrogen) atoms. The lowest BCUT2D eigenvalue weighted by atomic mass is 10.1. The summed E-state index contributed by atoms with van der Waals surface area (Å²) in [5, 5.41) is 0.490. The Hall–Kier alpha value is -2.12. The largest absolute Gasteiger partial charge is 0.478 e. The molecule has 1 saturated heterocycles. The van der Waals surface area contributed by atoms with E-state index in [0.717, 1.165) is 0 Å². The topological polar surface area (TPSA) is 63.7 Å². The van der Waals surface area contributed by atoms with Crippen molar-refractivity contribution in [3.8, 4) is 5.75 Å². The SMILES string of the molecule is CC(Oc1ccccc1F)C(=O)N(Cc1ccccc1Cl)C1CCS(=O)(=O)C1. The Bertz CT molecular complexity index is 966. The molecule has 0 radical (unpaired) electrons. The second-order valence-corrected chi connectivity index (χ2v) is 9.44. The zero-order chi connectivity index (χ0) is 20.3. The minimum atomic E-state index is -3.20. The van der Waals surface area contributed by atoms with Gasteiger partial charge in [-0.05, 0) is 37.1 Å². The Morgan fingerprint density at radius 3 is 2.57 bits per heavy atom. The summed E-state index contributed by atoms with van der Waals surface area (Å²) in [5.74, 6) is -1.07. The van der Waals surface area contributed by atoms with Crippen molar-refractivity contribution in [2.75, 3.05) is 11.5 Å². The molecule has 8 heteroatoms. The summed E-state index contributed by atoms with van der Waals surface area (Å²) >= 11 is 6.23. The zero-order valence-electron chi connectivity index (χ0n) is 15.3. The Balaban J connectivity index is 1.84. The molecular formula is C20H21ClFNO4S. The van der Waals surface area contributed by atoms with Gasteiger partial charge in [0, 0.05) is 17.6 Å². The number of halogens is 2. The van der Waals surface area contributed by atoms with Gasteiger partial charge in [0.05, 0.1) is 11.5 Å². The quantitative estimate of drug-likeness (QED) is 0.711. The molecule has 0 N–H and O–H groups in total. The molecule has 1 aliphatic rings. The maximum atomic E-state index is 13.9. The van der Waals surface area contributed by atoms with Crippen LogP contribution in [-0.4, -0.2) is 42.9 Å². The Morgan fingerprint density at radius 2 is 1.93 bits per heavy atom. The fourth-order valence-corrected chi connectivity index (χ4v) is 5.16. The normalized spacial score (nSPS) is 19.2. The first-order valence-electron chi connectivity index (χ1n) is 8.92. The fraction of sp³-hybridized carbons (Fsp3) is 0.350. The van der Waals surface area contributed by atoms with Gasteiger partial charge >= 0.3 is 0 Å². The molecule has 1 fully saturated rings. The summed E-state index contributed by atoms with van der Waals surface area (Å²) in [6, 6.07) is 12.4. The lowest BCUT2D eigenvalue weighted by Crippen LogP contribution is -2.46. The van der Waals surface area contributed by atoms with Gasteiger partial charge in [0.2, 0.25) is 0 Å². The minimum absolute atomic E-state index is 0.0277. The molecule has 2 aromatic rings. The number of hydrogen-bond donors (Lipinski definition) is 0. The van der Waals surface area contributed by atoms with Crippen molar-refractivity contribution in [3.05, 3.63) is 64.9 Å². The highest BCUT2D eigenvalue weighted by Crippen LogP contribution is 2.25. The molecule has 5 nitrogen and oxygen atoms in total. The molecule has 1 heterocycles. The third-order valence-electron chi connectivity index (χ3n) is 4.72. The van der Waals surface area contributed by atoms with Crippen LogP contribution in [0.4, 0.5) is 4.39 Å². The molecular weight excluding hydrogens is 405 g/mol. The molecule has 2 aromatic carbocycles. The van der Waals surface area contributed by atoms with E-state index in [-0.39, 0.29) is 23.8 Å². The van der Waals surface area contributed by atoms with Crippen molar-refractivity contribution in [2.24, 2.45) is 0 Å². The van der Waals surface area contributed by atoms with Crippen molar-refractivity contribution in [3.63, 3.8) is 0 Å². The van der Waals surface area contributed by atoms with Crippen molar-refractivity contribution in [1.29, 1.82) is 0 Å². The summed E-state index contributed by atoms with van der Waals surface area (Å²) in [4.78, 5) is 14.6. The van der Waals surface area contributed by atoms with Crippen molar-refractivity contribution >= 4 is 27.3 Å². The summed E-state index contributed by atoms with van der Waals surface area (Å²) in [5.41, 5.74) is 0.708. The molecule has 1 amide bonds. The number of rotatable bonds is 6. The van der Waals surface area contributed by atoms with Gasteiger partial charge in [-0.2, -0.15) is 0 Å². The molecule has 2 atom stereocenters. The highest BCUT2D eigenvalue weighted by Gasteiger charge is 2.37. The first kappa shape index (κ1) is 20.6. The molecule has 0 saturated carbocycles. The van der Waals surface area contributed by atoms with Gasteiger partial charge in [-0.25, -0.2) is 12.8 Å². The molecule has 0 aromatic heterocycles. The first-order valence-corrected chi connectivity index (χ1v) is 11.1. The third kappa shape index (κ3) is 4.83. The van der Waals surface area contributed by atoms with Crippen LogP contribution in [0.1, 0.15) is 18.9 Å². The van der Waals surface area contributed by atoms with Gasteiger partial charge in [-0.15, -0.1) is 0 Å². The average molecular weight is 426 g/mol. The molecule has 150 valence electrons. The zero-order valence-corrected chi connectivity index (χ0v) is 16.9. The van der Waals surface area contributed by atoms with Crippen LogP contribution in [0.25, 0.3) is 0 Å². The van der Waals surface area contributed by atoms with E-state index in [0.29, 0.717) is 17.0 Å². The number of amides is 1. The van der Waals surface area contributed by atoms with E-state index in [1.807, 2.05) is 0 Å². The molecule has 3 rings (SSSR count). The van der Waals surface area contributed by atoms with Gasteiger partial charge in [0.15, 0.2) is 27.5 Å². The summed E-state index contributed by atoms with van der Waals surface area (Å²) in [6.45, 7) is 1.68. The number of para-hydroxylation sites is 1. The van der Waals surface area contributed by atoms with Crippen LogP contribution in [0, 0.1) is 5.82 Å². The predicted octanol–water partition coefficient (Wildman–Crippen LogP) is 3.46. The van der Waals surface area contributed by atoms with Crippen molar-refractivity contribution in [2.45, 2.75) is 32.0 Å². The molecule has 0 spiro atoms. The van der Waals surface area contributed by atoms with Crippen LogP contribution >= 0.6 is 11.6 Å². The maximum absolute atomic E-state index is 13.9. The highest BCUT2D eigenvalue weighted by molar-refractivity contribution is 7.91. The standard InChI is InChI=1S/C20H21ClFNO4S/c1-14(27-19-9-5-4-8-18(19)22)20(24)23(16-10-11-28(25,26)13-16)12-15-6-2-3-7-17(15)21/h2-9,14,16H,10-13H2,1H3. The van der Waals surface area contributed by atoms with Crippen LogP contribution in [0.3, 0.4) is 0 Å². The number of hydrogen-bond acceptors (Lipinski definition) is 4. The Morgan fingerprint density at radius 1 is 1.25 bits per heavy atom. The number of sulfone groups is 1. The van der Waals surface area contributed by atoms with E-state index in [4.69, 9.17) is 16.3 Å². The predicted molar refractivity (Wildman–Crippen MR) is 106 cm³/mol. The second kappa shape index (κ2) is 8.49. The van der Waals surface area contributed by atoms with Crippen molar-refractivity contribution < 1.29 is 22.3 Å². The number of carbonyl (C=O) groups excluding carboxylic acids is 1. The molecule has 1 aliphatic heterocycles. The smallest absolute Gasteiger partial charge is 0.263 e. The lowest BCUT2D eigenvalue weighted by molar-refractivity contribution is -0.140. The number of benzene rings is 2.